The summed E-state index contributed by atoms with van der Waals surface area (Å²) in [5.41, 5.74) is 0.888. The Hall–Kier alpha value is -1.21. The van der Waals surface area contributed by atoms with Gasteiger partial charge in [0.25, 0.3) is 0 Å². The van der Waals surface area contributed by atoms with Gasteiger partial charge in [-0.3, -0.25) is 0 Å². The number of anilines is 1. The summed E-state index contributed by atoms with van der Waals surface area (Å²) in [5, 5.41) is 3.49. The number of nitrogens with zero attached hydrogens (tertiary/aromatic N) is 1. The fourth-order valence-electron chi connectivity index (χ4n) is 3.21. The Kier molecular flexibility index (Phi) is 3.88. The number of rotatable bonds is 3. The molecule has 2 atom stereocenters. The average molecular weight is 316 g/mol. The average Bonchev–Trinajstić information content (AvgIpc) is 2.91. The van der Waals surface area contributed by atoms with Gasteiger partial charge in [0, 0.05) is 24.8 Å². The maximum Gasteiger partial charge on any atom is 0.341 e. The smallest absolute Gasteiger partial charge is 0.341 e. The summed E-state index contributed by atoms with van der Waals surface area (Å²) in [6, 6.07) is 6.25. The van der Waals surface area contributed by atoms with Gasteiger partial charge in [-0.1, -0.05) is 0 Å². The highest BCUT2D eigenvalue weighted by Gasteiger charge is 2.34. The van der Waals surface area contributed by atoms with Crippen LogP contribution in [0.5, 0.6) is 0 Å². The molecule has 2 saturated heterocycles. The molecule has 1 aromatic carbocycles. The van der Waals surface area contributed by atoms with E-state index in [0.717, 1.165) is 25.3 Å². The minimum absolute atomic E-state index is 0.323. The van der Waals surface area contributed by atoms with Crippen molar-refractivity contribution in [2.45, 2.75) is 29.5 Å². The molecule has 2 heterocycles. The quantitative estimate of drug-likeness (QED) is 0.925. The van der Waals surface area contributed by atoms with Gasteiger partial charge in [0.2, 0.25) is 9.84 Å². The lowest BCUT2D eigenvalue weighted by atomic mass is 9.94. The minimum Gasteiger partial charge on any atom is -0.370 e. The number of alkyl halides is 2. The van der Waals surface area contributed by atoms with Crippen molar-refractivity contribution < 1.29 is 17.2 Å². The summed E-state index contributed by atoms with van der Waals surface area (Å²) in [7, 11) is -4.50. The van der Waals surface area contributed by atoms with E-state index in [9.17, 15) is 17.2 Å². The van der Waals surface area contributed by atoms with Crippen LogP contribution in [0.1, 0.15) is 12.8 Å². The first kappa shape index (κ1) is 14.7. The third-order valence-corrected chi connectivity index (χ3v) is 5.76. The molecule has 21 heavy (non-hydrogen) atoms. The molecule has 4 nitrogen and oxygen atoms in total. The van der Waals surface area contributed by atoms with Crippen molar-refractivity contribution in [3.05, 3.63) is 24.3 Å². The molecule has 0 aliphatic carbocycles. The molecule has 1 N–H and O–H groups in total. The molecule has 0 amide bonds. The summed E-state index contributed by atoms with van der Waals surface area (Å²) < 4.78 is 47.8. The molecule has 2 aliphatic rings. The second-order valence-corrected chi connectivity index (χ2v) is 7.59. The van der Waals surface area contributed by atoms with Crippen molar-refractivity contribution in [3.63, 3.8) is 0 Å². The number of fused-ring (bicyclic) bond motifs is 1. The second kappa shape index (κ2) is 5.53. The van der Waals surface area contributed by atoms with Crippen LogP contribution in [-0.4, -0.2) is 39.9 Å². The number of hydrogen-bond donors (Lipinski definition) is 1. The lowest BCUT2D eigenvalue weighted by Gasteiger charge is -2.24. The number of piperidine rings is 1. The fourth-order valence-corrected chi connectivity index (χ4v) is 3.93. The summed E-state index contributed by atoms with van der Waals surface area (Å²) in [6.07, 6.45) is 2.38. The SMILES string of the molecule is O=S(=O)(c1ccc(N2C[C@@H]3CCCN[C@@H]3C2)cc1)C(F)F. The third-order valence-electron chi connectivity index (χ3n) is 4.36. The minimum atomic E-state index is -4.50. The Labute approximate surface area is 123 Å². The Morgan fingerprint density at radius 3 is 2.52 bits per heavy atom. The van der Waals surface area contributed by atoms with Crippen LogP contribution < -0.4 is 10.2 Å². The van der Waals surface area contributed by atoms with Gasteiger partial charge in [-0.25, -0.2) is 8.42 Å². The van der Waals surface area contributed by atoms with Gasteiger partial charge in [-0.2, -0.15) is 8.78 Å². The van der Waals surface area contributed by atoms with Gasteiger partial charge in [-0.15, -0.1) is 0 Å². The molecular weight excluding hydrogens is 298 g/mol. The van der Waals surface area contributed by atoms with Crippen molar-refractivity contribution in [1.82, 2.24) is 5.32 Å². The first-order valence-electron chi connectivity index (χ1n) is 7.09. The van der Waals surface area contributed by atoms with Crippen molar-refractivity contribution in [2.24, 2.45) is 5.92 Å². The van der Waals surface area contributed by atoms with Crippen LogP contribution >= 0.6 is 0 Å². The molecule has 0 aromatic heterocycles. The van der Waals surface area contributed by atoms with Crippen LogP contribution in [0.15, 0.2) is 29.2 Å². The van der Waals surface area contributed by atoms with E-state index in [2.05, 4.69) is 10.2 Å². The summed E-state index contributed by atoms with van der Waals surface area (Å²) in [5.74, 6) is -2.76. The fraction of sp³-hybridized carbons (Fsp3) is 0.571. The van der Waals surface area contributed by atoms with E-state index in [1.54, 1.807) is 12.1 Å². The molecule has 1 aromatic rings. The molecule has 116 valence electrons. The van der Waals surface area contributed by atoms with Crippen LogP contribution in [0.3, 0.4) is 0 Å². The van der Waals surface area contributed by atoms with Crippen LogP contribution in [0.25, 0.3) is 0 Å². The summed E-state index contributed by atoms with van der Waals surface area (Å²) in [6.45, 7) is 2.85. The lowest BCUT2D eigenvalue weighted by molar-refractivity contribution is 0.234. The van der Waals surface area contributed by atoms with Crippen molar-refractivity contribution >= 4 is 15.5 Å². The van der Waals surface area contributed by atoms with Crippen LogP contribution in [-0.2, 0) is 9.84 Å². The highest BCUT2D eigenvalue weighted by Crippen LogP contribution is 2.30. The van der Waals surface area contributed by atoms with E-state index in [1.165, 1.54) is 25.0 Å². The number of benzene rings is 1. The maximum atomic E-state index is 12.5. The second-order valence-electron chi connectivity index (χ2n) is 5.67. The molecule has 0 spiro atoms. The van der Waals surface area contributed by atoms with E-state index >= 15 is 0 Å². The molecule has 0 bridgehead atoms. The van der Waals surface area contributed by atoms with Gasteiger partial charge in [0.15, 0.2) is 0 Å². The highest BCUT2D eigenvalue weighted by molar-refractivity contribution is 7.91. The molecule has 0 unspecified atom stereocenters. The Balaban J connectivity index is 1.76. The summed E-state index contributed by atoms with van der Waals surface area (Å²) >= 11 is 0. The van der Waals surface area contributed by atoms with Crippen LogP contribution in [0.2, 0.25) is 0 Å². The Morgan fingerprint density at radius 1 is 1.19 bits per heavy atom. The predicted molar refractivity (Wildman–Crippen MR) is 76.4 cm³/mol. The topological polar surface area (TPSA) is 49.4 Å². The first-order chi connectivity index (χ1) is 9.98. The van der Waals surface area contributed by atoms with E-state index in [1.807, 2.05) is 0 Å². The van der Waals surface area contributed by atoms with Crippen LogP contribution in [0, 0.1) is 5.92 Å². The number of sulfone groups is 1. The van der Waals surface area contributed by atoms with Gasteiger partial charge < -0.3 is 10.2 Å². The zero-order chi connectivity index (χ0) is 15.0. The number of halogens is 2. The normalized spacial score (nSPS) is 26.1. The van der Waals surface area contributed by atoms with Gasteiger partial charge in [0.1, 0.15) is 0 Å². The standard InChI is InChI=1S/C14H18F2N2O2S/c15-14(16)21(19,20)12-5-3-11(4-6-12)18-8-10-2-1-7-17-13(10)9-18/h3-6,10,13-14,17H,1-2,7-9H2/t10-,13+/m0/s1. The summed E-state index contributed by atoms with van der Waals surface area (Å²) in [4.78, 5) is 1.86. The maximum absolute atomic E-state index is 12.5. The van der Waals surface area contributed by atoms with E-state index in [-0.39, 0.29) is 4.90 Å². The van der Waals surface area contributed by atoms with Gasteiger partial charge in [0.05, 0.1) is 4.90 Å². The number of nitrogens with one attached hydrogen (secondary N) is 1. The van der Waals surface area contributed by atoms with Crippen molar-refractivity contribution in [1.29, 1.82) is 0 Å². The van der Waals surface area contributed by atoms with Gasteiger partial charge in [-0.05, 0) is 49.6 Å². The van der Waals surface area contributed by atoms with Crippen molar-refractivity contribution in [2.75, 3.05) is 24.5 Å². The third kappa shape index (κ3) is 2.76. The van der Waals surface area contributed by atoms with Crippen molar-refractivity contribution in [3.8, 4) is 0 Å². The van der Waals surface area contributed by atoms with E-state index < -0.39 is 15.6 Å². The molecule has 7 heteroatoms. The van der Waals surface area contributed by atoms with Gasteiger partial charge >= 0.3 is 5.76 Å². The zero-order valence-electron chi connectivity index (χ0n) is 11.5. The monoisotopic (exact) mass is 316 g/mol. The zero-order valence-corrected chi connectivity index (χ0v) is 12.3. The molecule has 2 aliphatic heterocycles. The Bertz CT molecular complexity index is 590. The molecule has 3 rings (SSSR count). The molecule has 0 radical (unpaired) electrons. The highest BCUT2D eigenvalue weighted by atomic mass is 32.2. The number of hydrogen-bond acceptors (Lipinski definition) is 4. The molecule has 2 fully saturated rings. The molecule has 0 saturated carbocycles. The molecular formula is C14H18F2N2O2S. The lowest BCUT2D eigenvalue weighted by Crippen LogP contribution is -2.40. The first-order valence-corrected chi connectivity index (χ1v) is 8.63. The van der Waals surface area contributed by atoms with E-state index in [4.69, 9.17) is 0 Å². The van der Waals surface area contributed by atoms with Crippen LogP contribution in [0.4, 0.5) is 14.5 Å². The largest absolute Gasteiger partial charge is 0.370 e. The predicted octanol–water partition coefficient (Wildman–Crippen LogP) is 1.87. The Morgan fingerprint density at radius 2 is 1.90 bits per heavy atom. The van der Waals surface area contributed by atoms with E-state index in [0.29, 0.717) is 12.0 Å².